The van der Waals surface area contributed by atoms with Gasteiger partial charge < -0.3 is 10.1 Å². The van der Waals surface area contributed by atoms with Gasteiger partial charge in [0.15, 0.2) is 0 Å². The fourth-order valence-corrected chi connectivity index (χ4v) is 2.11. The average molecular weight is 256 g/mol. The molecule has 1 aliphatic heterocycles. The summed E-state index contributed by atoms with van der Waals surface area (Å²) in [5.41, 5.74) is 0. The van der Waals surface area contributed by atoms with Crippen molar-refractivity contribution in [2.45, 2.75) is 46.1 Å². The smallest absolute Gasteiger partial charge is 0.222 e. The summed E-state index contributed by atoms with van der Waals surface area (Å²) in [5, 5.41) is 2.95. The monoisotopic (exact) mass is 256 g/mol. The van der Waals surface area contributed by atoms with Crippen molar-refractivity contribution in [3.8, 4) is 0 Å². The van der Waals surface area contributed by atoms with Crippen molar-refractivity contribution < 1.29 is 9.53 Å². The molecule has 0 radical (unpaired) electrons. The Labute approximate surface area is 111 Å². The first-order valence-electron chi connectivity index (χ1n) is 7.25. The van der Waals surface area contributed by atoms with Crippen molar-refractivity contribution in [1.82, 2.24) is 10.2 Å². The topological polar surface area (TPSA) is 41.6 Å². The maximum atomic E-state index is 11.5. The average Bonchev–Trinajstić information content (AvgIpc) is 2.36. The molecule has 0 saturated carbocycles. The molecule has 1 fully saturated rings. The molecule has 0 aromatic heterocycles. The van der Waals surface area contributed by atoms with Gasteiger partial charge in [0.05, 0.1) is 12.7 Å². The fraction of sp³-hybridized carbons (Fsp3) is 0.929. The number of rotatable bonds is 7. The van der Waals surface area contributed by atoms with Gasteiger partial charge in [0.2, 0.25) is 5.91 Å². The molecular weight excluding hydrogens is 228 g/mol. The van der Waals surface area contributed by atoms with Gasteiger partial charge in [-0.15, -0.1) is 0 Å². The molecule has 4 heteroatoms. The van der Waals surface area contributed by atoms with Gasteiger partial charge in [-0.3, -0.25) is 9.69 Å². The summed E-state index contributed by atoms with van der Waals surface area (Å²) in [6.07, 6.45) is 3.98. The third-order valence-electron chi connectivity index (χ3n) is 3.33. The first-order chi connectivity index (χ1) is 8.63. The van der Waals surface area contributed by atoms with E-state index in [0.717, 1.165) is 26.2 Å². The largest absolute Gasteiger partial charge is 0.374 e. The van der Waals surface area contributed by atoms with Crippen LogP contribution in [-0.2, 0) is 9.53 Å². The number of morpholine rings is 1. The summed E-state index contributed by atoms with van der Waals surface area (Å²) >= 11 is 0. The predicted octanol–water partition coefficient (Wildman–Crippen LogP) is 1.65. The molecule has 1 aliphatic rings. The minimum atomic E-state index is 0.0502. The number of amides is 1. The van der Waals surface area contributed by atoms with E-state index in [9.17, 15) is 4.79 Å². The van der Waals surface area contributed by atoms with Crippen molar-refractivity contribution in [2.24, 2.45) is 5.92 Å². The third-order valence-corrected chi connectivity index (χ3v) is 3.33. The van der Waals surface area contributed by atoms with Crippen LogP contribution in [0.15, 0.2) is 0 Å². The van der Waals surface area contributed by atoms with Crippen molar-refractivity contribution in [2.75, 3.05) is 32.8 Å². The molecule has 0 unspecified atom stereocenters. The summed E-state index contributed by atoms with van der Waals surface area (Å²) in [5.74, 6) is 0.163. The molecule has 0 aromatic carbocycles. The van der Waals surface area contributed by atoms with Gasteiger partial charge in [0, 0.05) is 25.6 Å². The quantitative estimate of drug-likeness (QED) is 0.704. The number of ether oxygens (including phenoxy) is 1. The van der Waals surface area contributed by atoms with E-state index in [1.54, 1.807) is 0 Å². The summed E-state index contributed by atoms with van der Waals surface area (Å²) < 4.78 is 5.69. The summed E-state index contributed by atoms with van der Waals surface area (Å²) in [7, 11) is 0. The van der Waals surface area contributed by atoms with Crippen LogP contribution in [0.2, 0.25) is 0 Å². The normalized spacial score (nSPS) is 21.2. The van der Waals surface area contributed by atoms with Gasteiger partial charge in [-0.2, -0.15) is 0 Å². The van der Waals surface area contributed by atoms with Crippen molar-refractivity contribution in [3.05, 3.63) is 0 Å². The lowest BCUT2D eigenvalue weighted by atomic mass is 10.2. The molecule has 0 bridgehead atoms. The summed E-state index contributed by atoms with van der Waals surface area (Å²) in [4.78, 5) is 13.9. The van der Waals surface area contributed by atoms with E-state index < -0.39 is 0 Å². The van der Waals surface area contributed by atoms with Crippen molar-refractivity contribution >= 4 is 5.91 Å². The second-order valence-corrected chi connectivity index (χ2v) is 5.40. The standard InChI is InChI=1S/C14H28N2O2/c1-4-5-6-7-16-8-9-18-13(11-16)10-15-14(17)12(2)3/h12-13H,4-11H2,1-3H3,(H,15,17)/t13-/m0/s1. The fourth-order valence-electron chi connectivity index (χ4n) is 2.11. The Kier molecular flexibility index (Phi) is 7.28. The van der Waals surface area contributed by atoms with E-state index in [-0.39, 0.29) is 17.9 Å². The molecule has 1 saturated heterocycles. The second kappa shape index (κ2) is 8.48. The molecule has 4 nitrogen and oxygen atoms in total. The van der Waals surface area contributed by atoms with Gasteiger partial charge in [-0.05, 0) is 13.0 Å². The lowest BCUT2D eigenvalue weighted by molar-refractivity contribution is -0.125. The number of nitrogens with zero attached hydrogens (tertiary/aromatic N) is 1. The van der Waals surface area contributed by atoms with Gasteiger partial charge in [-0.1, -0.05) is 33.6 Å². The van der Waals surface area contributed by atoms with Crippen LogP contribution >= 0.6 is 0 Å². The van der Waals surface area contributed by atoms with Gasteiger partial charge in [-0.25, -0.2) is 0 Å². The van der Waals surface area contributed by atoms with Gasteiger partial charge in [0.25, 0.3) is 0 Å². The Morgan fingerprint density at radius 1 is 1.44 bits per heavy atom. The van der Waals surface area contributed by atoms with E-state index in [4.69, 9.17) is 4.74 Å². The Morgan fingerprint density at radius 2 is 2.22 bits per heavy atom. The van der Waals surface area contributed by atoms with Gasteiger partial charge in [0.1, 0.15) is 0 Å². The molecule has 1 N–H and O–H groups in total. The van der Waals surface area contributed by atoms with Crippen LogP contribution in [0.3, 0.4) is 0 Å². The maximum absolute atomic E-state index is 11.5. The molecule has 1 atom stereocenters. The molecule has 0 spiro atoms. The van der Waals surface area contributed by atoms with E-state index in [2.05, 4.69) is 17.1 Å². The molecule has 106 valence electrons. The van der Waals surface area contributed by atoms with Crippen LogP contribution in [0, 0.1) is 5.92 Å². The highest BCUT2D eigenvalue weighted by molar-refractivity contribution is 5.77. The lowest BCUT2D eigenvalue weighted by Crippen LogP contribution is -2.48. The minimum absolute atomic E-state index is 0.0502. The highest BCUT2D eigenvalue weighted by Crippen LogP contribution is 2.07. The highest BCUT2D eigenvalue weighted by Gasteiger charge is 2.20. The van der Waals surface area contributed by atoms with E-state index >= 15 is 0 Å². The Morgan fingerprint density at radius 3 is 2.89 bits per heavy atom. The van der Waals surface area contributed by atoms with Crippen LogP contribution in [0.1, 0.15) is 40.0 Å². The summed E-state index contributed by atoms with van der Waals surface area (Å²) in [6.45, 7) is 10.6. The molecular formula is C14H28N2O2. The lowest BCUT2D eigenvalue weighted by Gasteiger charge is -2.33. The Bertz CT molecular complexity index is 244. The third kappa shape index (κ3) is 5.83. The first kappa shape index (κ1) is 15.4. The second-order valence-electron chi connectivity index (χ2n) is 5.40. The predicted molar refractivity (Wildman–Crippen MR) is 73.6 cm³/mol. The van der Waals surface area contributed by atoms with E-state index in [1.165, 1.54) is 19.3 Å². The zero-order valence-corrected chi connectivity index (χ0v) is 12.1. The van der Waals surface area contributed by atoms with Crippen LogP contribution < -0.4 is 5.32 Å². The molecule has 1 heterocycles. The van der Waals surface area contributed by atoms with E-state index in [1.807, 2.05) is 13.8 Å². The number of nitrogens with one attached hydrogen (secondary N) is 1. The van der Waals surface area contributed by atoms with Crippen molar-refractivity contribution in [3.63, 3.8) is 0 Å². The van der Waals surface area contributed by atoms with Crippen LogP contribution in [0.4, 0.5) is 0 Å². The molecule has 0 aliphatic carbocycles. The van der Waals surface area contributed by atoms with Crippen molar-refractivity contribution in [1.29, 1.82) is 0 Å². The number of hydrogen-bond acceptors (Lipinski definition) is 3. The Balaban J connectivity index is 2.20. The van der Waals surface area contributed by atoms with Crippen LogP contribution in [0.25, 0.3) is 0 Å². The zero-order chi connectivity index (χ0) is 13.4. The highest BCUT2D eigenvalue weighted by atomic mass is 16.5. The SMILES string of the molecule is CCCCCN1CCO[C@@H](CNC(=O)C(C)C)C1. The number of hydrogen-bond donors (Lipinski definition) is 1. The number of carbonyl (C=O) groups excluding carboxylic acids is 1. The van der Waals surface area contributed by atoms with Gasteiger partial charge >= 0.3 is 0 Å². The zero-order valence-electron chi connectivity index (χ0n) is 12.1. The number of carbonyl (C=O) groups is 1. The minimum Gasteiger partial charge on any atom is -0.374 e. The van der Waals surface area contributed by atoms with Crippen LogP contribution in [-0.4, -0.2) is 49.7 Å². The van der Waals surface area contributed by atoms with E-state index in [0.29, 0.717) is 6.54 Å². The molecule has 18 heavy (non-hydrogen) atoms. The first-order valence-corrected chi connectivity index (χ1v) is 7.25. The molecule has 0 aromatic rings. The molecule has 1 rings (SSSR count). The summed E-state index contributed by atoms with van der Waals surface area (Å²) in [6, 6.07) is 0. The Hall–Kier alpha value is -0.610. The molecule has 1 amide bonds. The maximum Gasteiger partial charge on any atom is 0.222 e. The number of unbranched alkanes of at least 4 members (excludes halogenated alkanes) is 2. The van der Waals surface area contributed by atoms with Crippen LogP contribution in [0.5, 0.6) is 0 Å².